The number of thiazole rings is 1. The van der Waals surface area contributed by atoms with Crippen molar-refractivity contribution in [2.24, 2.45) is 0 Å². The van der Waals surface area contributed by atoms with Gasteiger partial charge in [0.05, 0.1) is 0 Å². The molecule has 1 saturated heterocycles. The molecule has 0 unspecified atom stereocenters. The van der Waals surface area contributed by atoms with E-state index in [0.717, 1.165) is 29.5 Å². The van der Waals surface area contributed by atoms with Gasteiger partial charge < -0.3 is 10.2 Å². The molecule has 132 valence electrons. The van der Waals surface area contributed by atoms with Crippen LogP contribution >= 0.6 is 22.9 Å². The number of hydrogen-bond donors (Lipinski definition) is 1. The predicted molar refractivity (Wildman–Crippen MR) is 106 cm³/mol. The highest BCUT2D eigenvalue weighted by atomic mass is 35.5. The van der Waals surface area contributed by atoms with E-state index in [1.807, 2.05) is 18.3 Å². The molecular formula is C19H17ClN4OS. The molecule has 26 heavy (non-hydrogen) atoms. The largest absolute Gasteiger partial charge is 0.357 e. The number of carbonyl (C=O) groups excluding carboxylic acids is 1. The van der Waals surface area contributed by atoms with Crippen molar-refractivity contribution in [1.82, 2.24) is 9.97 Å². The number of pyridine rings is 1. The van der Waals surface area contributed by atoms with E-state index in [-0.39, 0.29) is 5.91 Å². The first kappa shape index (κ1) is 17.0. The van der Waals surface area contributed by atoms with Gasteiger partial charge in [0.1, 0.15) is 16.5 Å². The lowest BCUT2D eigenvalue weighted by Crippen LogP contribution is -2.18. The molecule has 7 heteroatoms. The molecule has 0 aliphatic carbocycles. The first-order chi connectivity index (χ1) is 12.7. The van der Waals surface area contributed by atoms with Gasteiger partial charge in [-0.25, -0.2) is 9.97 Å². The number of benzene rings is 1. The van der Waals surface area contributed by atoms with Crippen LogP contribution in [0.1, 0.15) is 23.3 Å². The predicted octanol–water partition coefficient (Wildman–Crippen LogP) is 4.71. The van der Waals surface area contributed by atoms with E-state index < -0.39 is 0 Å². The molecule has 1 aliphatic heterocycles. The van der Waals surface area contributed by atoms with E-state index in [1.165, 1.54) is 24.2 Å². The van der Waals surface area contributed by atoms with Gasteiger partial charge >= 0.3 is 0 Å². The van der Waals surface area contributed by atoms with Gasteiger partial charge in [-0.2, -0.15) is 0 Å². The number of rotatable bonds is 4. The Kier molecular flexibility index (Phi) is 4.86. The van der Waals surface area contributed by atoms with Crippen LogP contribution in [0.25, 0.3) is 10.6 Å². The van der Waals surface area contributed by atoms with Gasteiger partial charge in [0.2, 0.25) is 0 Å². The molecule has 1 amide bonds. The number of carbonyl (C=O) groups is 1. The van der Waals surface area contributed by atoms with Gasteiger partial charge in [-0.1, -0.05) is 11.6 Å². The molecule has 1 aliphatic rings. The summed E-state index contributed by atoms with van der Waals surface area (Å²) in [5.74, 6) is 0.764. The number of halogens is 1. The number of hydrogen-bond acceptors (Lipinski definition) is 5. The highest BCUT2D eigenvalue weighted by molar-refractivity contribution is 7.13. The number of aromatic nitrogens is 2. The molecule has 0 saturated carbocycles. The van der Waals surface area contributed by atoms with Crippen molar-refractivity contribution < 1.29 is 4.79 Å². The molecule has 1 aromatic carbocycles. The van der Waals surface area contributed by atoms with Crippen molar-refractivity contribution >= 4 is 40.4 Å². The number of nitrogens with one attached hydrogen (secondary N) is 1. The van der Waals surface area contributed by atoms with Crippen LogP contribution in [0.15, 0.2) is 48.0 Å². The van der Waals surface area contributed by atoms with Crippen molar-refractivity contribution in [2.45, 2.75) is 12.8 Å². The van der Waals surface area contributed by atoms with Crippen LogP contribution in [0.3, 0.4) is 0 Å². The number of anilines is 2. The Morgan fingerprint density at radius 2 is 1.88 bits per heavy atom. The Bertz CT molecular complexity index is 902. The second-order valence-corrected chi connectivity index (χ2v) is 7.39. The third-order valence-electron chi connectivity index (χ3n) is 4.26. The van der Waals surface area contributed by atoms with Crippen molar-refractivity contribution in [3.63, 3.8) is 0 Å². The first-order valence-corrected chi connectivity index (χ1v) is 9.69. The van der Waals surface area contributed by atoms with Crippen molar-refractivity contribution in [3.05, 3.63) is 58.7 Å². The minimum absolute atomic E-state index is 0.239. The Morgan fingerprint density at radius 3 is 2.58 bits per heavy atom. The molecule has 2 aromatic heterocycles. The minimum atomic E-state index is -0.239. The van der Waals surface area contributed by atoms with Gasteiger partial charge in [0, 0.05) is 40.9 Å². The van der Waals surface area contributed by atoms with E-state index in [2.05, 4.69) is 20.2 Å². The van der Waals surface area contributed by atoms with Gasteiger partial charge in [-0.15, -0.1) is 11.3 Å². The fourth-order valence-electron chi connectivity index (χ4n) is 2.88. The number of amides is 1. The molecule has 0 bridgehead atoms. The Hall–Kier alpha value is -2.44. The summed E-state index contributed by atoms with van der Waals surface area (Å²) in [4.78, 5) is 23.6. The number of nitrogens with zero attached hydrogens (tertiary/aromatic N) is 3. The maximum absolute atomic E-state index is 12.3. The highest BCUT2D eigenvalue weighted by Crippen LogP contribution is 2.26. The molecule has 1 fully saturated rings. The summed E-state index contributed by atoms with van der Waals surface area (Å²) >= 11 is 7.29. The molecule has 3 heterocycles. The molecule has 0 radical (unpaired) electrons. The quantitative estimate of drug-likeness (QED) is 0.707. The summed E-state index contributed by atoms with van der Waals surface area (Å²) in [6.45, 7) is 2.14. The van der Waals surface area contributed by atoms with Crippen LogP contribution in [-0.4, -0.2) is 29.0 Å². The van der Waals surface area contributed by atoms with Crippen LogP contribution in [-0.2, 0) is 0 Å². The van der Waals surface area contributed by atoms with E-state index in [1.54, 1.807) is 29.6 Å². The van der Waals surface area contributed by atoms with Crippen LogP contribution < -0.4 is 10.2 Å². The molecule has 5 nitrogen and oxygen atoms in total. The fourth-order valence-corrected chi connectivity index (χ4v) is 3.80. The van der Waals surface area contributed by atoms with E-state index in [0.29, 0.717) is 16.4 Å². The lowest BCUT2D eigenvalue weighted by molar-refractivity contribution is 0.102. The zero-order chi connectivity index (χ0) is 17.9. The summed E-state index contributed by atoms with van der Waals surface area (Å²) in [5, 5.41) is 5.99. The molecule has 0 spiro atoms. The SMILES string of the molecule is O=C(Nc1ccc(Cl)cc1)c1csc(-c2ccc(N3CCCC3)nc2)n1. The van der Waals surface area contributed by atoms with Crippen LogP contribution in [0, 0.1) is 0 Å². The van der Waals surface area contributed by atoms with Crippen molar-refractivity contribution in [2.75, 3.05) is 23.3 Å². The second kappa shape index (κ2) is 7.43. The third-order valence-corrected chi connectivity index (χ3v) is 5.41. The Labute approximate surface area is 160 Å². The first-order valence-electron chi connectivity index (χ1n) is 8.43. The maximum Gasteiger partial charge on any atom is 0.275 e. The van der Waals surface area contributed by atoms with E-state index >= 15 is 0 Å². The normalized spacial score (nSPS) is 13.8. The van der Waals surface area contributed by atoms with Crippen LogP contribution in [0.5, 0.6) is 0 Å². The lowest BCUT2D eigenvalue weighted by Gasteiger charge is -2.15. The van der Waals surface area contributed by atoms with Gasteiger partial charge in [-0.3, -0.25) is 4.79 Å². The van der Waals surface area contributed by atoms with Crippen molar-refractivity contribution in [1.29, 1.82) is 0 Å². The Morgan fingerprint density at radius 1 is 1.12 bits per heavy atom. The molecule has 3 aromatic rings. The second-order valence-electron chi connectivity index (χ2n) is 6.10. The highest BCUT2D eigenvalue weighted by Gasteiger charge is 2.15. The monoisotopic (exact) mass is 384 g/mol. The molecule has 1 N–H and O–H groups in total. The average molecular weight is 385 g/mol. The van der Waals surface area contributed by atoms with Gasteiger partial charge in [0.15, 0.2) is 0 Å². The lowest BCUT2D eigenvalue weighted by atomic mass is 10.3. The van der Waals surface area contributed by atoms with Gasteiger partial charge in [-0.05, 0) is 49.2 Å². The standard InChI is InChI=1S/C19H17ClN4OS/c20-14-4-6-15(7-5-14)22-18(25)16-12-26-19(23-16)13-3-8-17(21-11-13)24-9-1-2-10-24/h3-8,11-12H,1-2,9-10H2,(H,22,25). The van der Waals surface area contributed by atoms with Crippen molar-refractivity contribution in [3.8, 4) is 10.6 Å². The fraction of sp³-hybridized carbons (Fsp3) is 0.211. The summed E-state index contributed by atoms with van der Waals surface area (Å²) in [5.41, 5.74) is 2.00. The van der Waals surface area contributed by atoms with Crippen LogP contribution in [0.2, 0.25) is 5.02 Å². The Balaban J connectivity index is 1.46. The zero-order valence-corrected chi connectivity index (χ0v) is 15.6. The summed E-state index contributed by atoms with van der Waals surface area (Å²) in [7, 11) is 0. The topological polar surface area (TPSA) is 58.1 Å². The van der Waals surface area contributed by atoms with Crippen LogP contribution in [0.4, 0.5) is 11.5 Å². The maximum atomic E-state index is 12.3. The van der Waals surface area contributed by atoms with E-state index in [9.17, 15) is 4.79 Å². The average Bonchev–Trinajstić information content (AvgIpc) is 3.36. The summed E-state index contributed by atoms with van der Waals surface area (Å²) in [6, 6.07) is 11.0. The molecular weight excluding hydrogens is 368 g/mol. The molecule has 0 atom stereocenters. The smallest absolute Gasteiger partial charge is 0.275 e. The summed E-state index contributed by atoms with van der Waals surface area (Å²) < 4.78 is 0. The van der Waals surface area contributed by atoms with Gasteiger partial charge in [0.25, 0.3) is 5.91 Å². The van der Waals surface area contributed by atoms with E-state index in [4.69, 9.17) is 11.6 Å². The zero-order valence-electron chi connectivity index (χ0n) is 14.0. The third kappa shape index (κ3) is 3.71. The molecule has 4 rings (SSSR count). The summed E-state index contributed by atoms with van der Waals surface area (Å²) in [6.07, 6.45) is 4.28. The minimum Gasteiger partial charge on any atom is -0.357 e.